The Labute approximate surface area is 68.4 Å². The number of nitro groups is 1. The molecule has 0 aromatic rings. The Bertz CT molecular complexity index is 161. The van der Waals surface area contributed by atoms with E-state index in [2.05, 4.69) is 4.74 Å². The molecule has 0 aromatic heterocycles. The number of carbonyl (C=O) groups is 1. The number of hydrogen-bond donors (Lipinski definition) is 0. The Morgan fingerprint density at radius 1 is 1.82 bits per heavy atom. The van der Waals surface area contributed by atoms with E-state index in [9.17, 15) is 14.9 Å². The number of alkyl halides is 1. The van der Waals surface area contributed by atoms with Crippen molar-refractivity contribution in [1.29, 1.82) is 0 Å². The lowest BCUT2D eigenvalue weighted by atomic mass is 10.4. The second kappa shape index (κ2) is 4.90. The number of halogens is 1. The van der Waals surface area contributed by atoms with Crippen LogP contribution in [0.4, 0.5) is 0 Å². The van der Waals surface area contributed by atoms with Crippen LogP contribution in [0.25, 0.3) is 0 Å². The molecule has 0 saturated heterocycles. The molecule has 0 aliphatic heterocycles. The number of esters is 1. The molecular weight excluding hydrogens is 174 g/mol. The molecule has 1 unspecified atom stereocenters. The molecule has 0 aliphatic carbocycles. The molecule has 0 rings (SSSR count). The summed E-state index contributed by atoms with van der Waals surface area (Å²) < 4.78 is 4.50. The molecule has 0 radical (unpaired) electrons. The fourth-order valence-corrected chi connectivity index (χ4v) is 0.566. The predicted molar refractivity (Wildman–Crippen MR) is 38.1 cm³/mol. The third kappa shape index (κ3) is 5.60. The Balaban J connectivity index is 3.60. The van der Waals surface area contributed by atoms with E-state index in [0.717, 1.165) is 0 Å². The molecule has 5 nitrogen and oxygen atoms in total. The minimum absolute atomic E-state index is 0.276. The Hall–Kier alpha value is -0.840. The van der Waals surface area contributed by atoms with Crippen LogP contribution in [0.5, 0.6) is 0 Å². The molecular formula is C5H8ClNO4. The first-order valence-corrected chi connectivity index (χ1v) is 3.47. The molecule has 1 atom stereocenters. The van der Waals surface area contributed by atoms with E-state index in [0.29, 0.717) is 0 Å². The number of rotatable bonds is 4. The van der Waals surface area contributed by atoms with E-state index in [1.807, 2.05) is 0 Å². The average Bonchev–Trinajstić information content (AvgIpc) is 1.85. The maximum Gasteiger partial charge on any atom is 0.321 e. The summed E-state index contributed by atoms with van der Waals surface area (Å²) in [5, 5.41) is 9.86. The van der Waals surface area contributed by atoms with Crippen LogP contribution in [0, 0.1) is 10.1 Å². The first-order valence-electron chi connectivity index (χ1n) is 2.93. The molecule has 11 heavy (non-hydrogen) atoms. The Morgan fingerprint density at radius 3 is 2.73 bits per heavy atom. The summed E-state index contributed by atoms with van der Waals surface area (Å²) in [6.07, 6.45) is -0.712. The summed E-state index contributed by atoms with van der Waals surface area (Å²) in [4.78, 5) is 19.7. The van der Waals surface area contributed by atoms with Crippen LogP contribution in [0.3, 0.4) is 0 Å². The van der Waals surface area contributed by atoms with Gasteiger partial charge < -0.3 is 4.74 Å². The van der Waals surface area contributed by atoms with Gasteiger partial charge in [-0.25, -0.2) is 0 Å². The van der Waals surface area contributed by atoms with Gasteiger partial charge in [-0.15, -0.1) is 11.6 Å². The highest BCUT2D eigenvalue weighted by atomic mass is 35.5. The average molecular weight is 182 g/mol. The molecule has 64 valence electrons. The number of carbonyl (C=O) groups excluding carboxylic acids is 1. The van der Waals surface area contributed by atoms with Crippen molar-refractivity contribution in [3.63, 3.8) is 0 Å². The molecule has 0 heterocycles. The van der Waals surface area contributed by atoms with Gasteiger partial charge in [-0.1, -0.05) is 0 Å². The van der Waals surface area contributed by atoms with Crippen LogP contribution < -0.4 is 0 Å². The fraction of sp³-hybridized carbons (Fsp3) is 0.800. The smallest absolute Gasteiger partial charge is 0.321 e. The molecule has 0 spiro atoms. The number of hydrogen-bond acceptors (Lipinski definition) is 4. The highest BCUT2D eigenvalue weighted by Crippen LogP contribution is 1.93. The van der Waals surface area contributed by atoms with Gasteiger partial charge in [0.2, 0.25) is 6.54 Å². The van der Waals surface area contributed by atoms with Gasteiger partial charge in [0.1, 0.15) is 5.88 Å². The van der Waals surface area contributed by atoms with Crippen molar-refractivity contribution >= 4 is 17.6 Å². The van der Waals surface area contributed by atoms with Crippen molar-refractivity contribution in [2.24, 2.45) is 0 Å². The number of ether oxygens (including phenoxy) is 1. The zero-order chi connectivity index (χ0) is 8.85. The molecule has 0 saturated carbocycles. The first kappa shape index (κ1) is 10.2. The van der Waals surface area contributed by atoms with Crippen molar-refractivity contribution < 1.29 is 14.5 Å². The molecule has 0 aliphatic rings. The van der Waals surface area contributed by atoms with Crippen LogP contribution in [-0.4, -0.2) is 29.4 Å². The van der Waals surface area contributed by atoms with Crippen LogP contribution in [0.15, 0.2) is 0 Å². The van der Waals surface area contributed by atoms with Gasteiger partial charge in [0.25, 0.3) is 0 Å². The van der Waals surface area contributed by atoms with Gasteiger partial charge in [-0.3, -0.25) is 14.9 Å². The van der Waals surface area contributed by atoms with Crippen molar-refractivity contribution in [3.05, 3.63) is 10.1 Å². The predicted octanol–water partition coefficient (Wildman–Crippen LogP) is 0.434. The number of nitrogens with zero attached hydrogens (tertiary/aromatic N) is 1. The zero-order valence-corrected chi connectivity index (χ0v) is 6.71. The van der Waals surface area contributed by atoms with E-state index in [1.54, 1.807) is 0 Å². The van der Waals surface area contributed by atoms with Gasteiger partial charge in [-0.2, -0.15) is 0 Å². The second-order valence-electron chi connectivity index (χ2n) is 1.95. The van der Waals surface area contributed by atoms with Crippen LogP contribution in [-0.2, 0) is 9.53 Å². The molecule has 0 N–H and O–H groups in total. The van der Waals surface area contributed by atoms with Gasteiger partial charge in [-0.05, 0) is 6.92 Å². The summed E-state index contributed by atoms with van der Waals surface area (Å²) in [5.41, 5.74) is 0. The van der Waals surface area contributed by atoms with Crippen LogP contribution in [0.1, 0.15) is 6.92 Å². The maximum absolute atomic E-state index is 10.4. The maximum atomic E-state index is 10.4. The minimum atomic E-state index is -0.712. The summed E-state index contributed by atoms with van der Waals surface area (Å²) in [7, 11) is 0. The summed E-state index contributed by atoms with van der Waals surface area (Å²) >= 11 is 5.09. The standard InChI is InChI=1S/C5H8ClNO4/c1-4(3-7(9)10)11-5(8)2-6/h4H,2-3H2,1H3. The Kier molecular flexibility index (Phi) is 4.52. The first-order chi connectivity index (χ1) is 5.06. The largest absolute Gasteiger partial charge is 0.455 e. The highest BCUT2D eigenvalue weighted by Gasteiger charge is 2.13. The van der Waals surface area contributed by atoms with Crippen molar-refractivity contribution in [2.45, 2.75) is 13.0 Å². The fourth-order valence-electron chi connectivity index (χ4n) is 0.503. The van der Waals surface area contributed by atoms with Gasteiger partial charge in [0, 0.05) is 4.92 Å². The van der Waals surface area contributed by atoms with E-state index < -0.39 is 17.0 Å². The normalized spacial score (nSPS) is 12.2. The van der Waals surface area contributed by atoms with E-state index in [1.165, 1.54) is 6.92 Å². The van der Waals surface area contributed by atoms with Crippen LogP contribution in [0.2, 0.25) is 0 Å². The van der Waals surface area contributed by atoms with Crippen LogP contribution >= 0.6 is 11.6 Å². The van der Waals surface area contributed by atoms with Gasteiger partial charge in [0.05, 0.1) is 0 Å². The third-order valence-corrected chi connectivity index (χ3v) is 1.07. The topological polar surface area (TPSA) is 69.4 Å². The third-order valence-electron chi connectivity index (χ3n) is 0.848. The summed E-state index contributed by atoms with van der Waals surface area (Å²) in [5.74, 6) is -0.914. The quantitative estimate of drug-likeness (QED) is 0.273. The monoisotopic (exact) mass is 181 g/mol. The van der Waals surface area contributed by atoms with E-state index in [4.69, 9.17) is 11.6 Å². The minimum Gasteiger partial charge on any atom is -0.455 e. The molecule has 0 amide bonds. The van der Waals surface area contributed by atoms with Gasteiger partial charge in [0.15, 0.2) is 6.10 Å². The SMILES string of the molecule is CC(C[N+](=O)[O-])OC(=O)CCl. The molecule has 0 bridgehead atoms. The van der Waals surface area contributed by atoms with Crippen molar-refractivity contribution in [3.8, 4) is 0 Å². The summed E-state index contributed by atoms with van der Waals surface area (Å²) in [6, 6.07) is 0. The lowest BCUT2D eigenvalue weighted by Crippen LogP contribution is -2.23. The van der Waals surface area contributed by atoms with Gasteiger partial charge >= 0.3 is 5.97 Å². The zero-order valence-electron chi connectivity index (χ0n) is 5.95. The van der Waals surface area contributed by atoms with Crippen molar-refractivity contribution in [2.75, 3.05) is 12.4 Å². The lowest BCUT2D eigenvalue weighted by molar-refractivity contribution is -0.489. The van der Waals surface area contributed by atoms with Crippen molar-refractivity contribution in [1.82, 2.24) is 0 Å². The van der Waals surface area contributed by atoms with E-state index >= 15 is 0 Å². The molecule has 0 aromatic carbocycles. The Morgan fingerprint density at radius 2 is 2.36 bits per heavy atom. The highest BCUT2D eigenvalue weighted by molar-refractivity contribution is 6.26. The summed E-state index contributed by atoms with van der Waals surface area (Å²) in [6.45, 7) is 1.05. The molecule has 6 heteroatoms. The second-order valence-corrected chi connectivity index (χ2v) is 2.22. The molecule has 0 fully saturated rings. The lowest BCUT2D eigenvalue weighted by Gasteiger charge is -2.06. The van der Waals surface area contributed by atoms with E-state index in [-0.39, 0.29) is 12.4 Å².